The maximum Gasteiger partial charge on any atom is 0.0405 e. The summed E-state index contributed by atoms with van der Waals surface area (Å²) in [6, 6.07) is 8.69. The van der Waals surface area contributed by atoms with E-state index in [1.54, 1.807) is 0 Å². The summed E-state index contributed by atoms with van der Waals surface area (Å²) >= 11 is 0. The largest absolute Gasteiger partial charge is 0.348 e. The summed E-state index contributed by atoms with van der Waals surface area (Å²) in [5, 5.41) is 0. The van der Waals surface area contributed by atoms with Crippen LogP contribution in [0.5, 0.6) is 0 Å². The second-order valence-electron chi connectivity index (χ2n) is 4.57. The molecular weight excluding hydrogens is 194 g/mol. The van der Waals surface area contributed by atoms with Gasteiger partial charge >= 0.3 is 0 Å². The van der Waals surface area contributed by atoms with Crippen molar-refractivity contribution in [3.05, 3.63) is 53.3 Å². The molecule has 1 heteroatoms. The first-order chi connectivity index (χ1) is 7.66. The molecule has 16 heavy (non-hydrogen) atoms. The lowest BCUT2D eigenvalue weighted by atomic mass is 10.0. The molecule has 0 spiro atoms. The minimum absolute atomic E-state index is 1.15. The van der Waals surface area contributed by atoms with Crippen molar-refractivity contribution in [2.75, 3.05) is 11.9 Å². The van der Waals surface area contributed by atoms with Crippen molar-refractivity contribution in [3.8, 4) is 0 Å². The highest BCUT2D eigenvalue weighted by atomic mass is 15.1. The maximum absolute atomic E-state index is 2.28. The molecule has 0 amide bonds. The quantitative estimate of drug-likeness (QED) is 0.716. The van der Waals surface area contributed by atoms with Gasteiger partial charge in [0, 0.05) is 18.4 Å². The van der Waals surface area contributed by atoms with Gasteiger partial charge in [-0.3, -0.25) is 0 Å². The number of nitrogens with zero attached hydrogens (tertiary/aromatic N) is 1. The molecule has 1 aromatic carbocycles. The Bertz CT molecular complexity index is 423. The third kappa shape index (κ3) is 2.35. The van der Waals surface area contributed by atoms with Gasteiger partial charge in [0.2, 0.25) is 0 Å². The molecule has 0 atom stereocenters. The monoisotopic (exact) mass is 213 g/mol. The van der Waals surface area contributed by atoms with E-state index in [1.165, 1.54) is 28.9 Å². The molecule has 0 unspecified atom stereocenters. The number of anilines is 1. The average molecular weight is 213 g/mol. The van der Waals surface area contributed by atoms with E-state index in [4.69, 9.17) is 0 Å². The van der Waals surface area contributed by atoms with Gasteiger partial charge in [-0.2, -0.15) is 0 Å². The zero-order chi connectivity index (χ0) is 11.5. The lowest BCUT2D eigenvalue weighted by Gasteiger charge is -2.25. The Morgan fingerprint density at radius 1 is 0.938 bits per heavy atom. The van der Waals surface area contributed by atoms with Crippen molar-refractivity contribution >= 4 is 5.69 Å². The number of allylic oxidation sites excluding steroid dienone is 4. The molecule has 84 valence electrons. The zero-order valence-corrected chi connectivity index (χ0v) is 10.3. The van der Waals surface area contributed by atoms with Crippen molar-refractivity contribution < 1.29 is 0 Å². The number of aryl methyl sites for hydroxylation is 1. The lowest BCUT2D eigenvalue weighted by molar-refractivity contribution is 0.859. The van der Waals surface area contributed by atoms with E-state index in [9.17, 15) is 0 Å². The van der Waals surface area contributed by atoms with Gasteiger partial charge in [0.1, 0.15) is 0 Å². The van der Waals surface area contributed by atoms with E-state index in [0.29, 0.717) is 0 Å². The summed E-state index contributed by atoms with van der Waals surface area (Å²) in [6.07, 6.45) is 6.79. The smallest absolute Gasteiger partial charge is 0.0405 e. The third-order valence-corrected chi connectivity index (χ3v) is 3.19. The Balaban J connectivity index is 2.19. The topological polar surface area (TPSA) is 3.24 Å². The predicted molar refractivity (Wildman–Crippen MR) is 70.7 cm³/mol. The molecule has 0 aliphatic heterocycles. The van der Waals surface area contributed by atoms with Crippen LogP contribution in [0.3, 0.4) is 0 Å². The summed E-state index contributed by atoms with van der Waals surface area (Å²) in [7, 11) is 2.14. The highest BCUT2D eigenvalue weighted by molar-refractivity contribution is 5.53. The molecule has 0 aromatic heterocycles. The first-order valence-corrected chi connectivity index (χ1v) is 5.83. The molecule has 0 N–H and O–H groups in total. The van der Waals surface area contributed by atoms with Crippen molar-refractivity contribution in [2.24, 2.45) is 0 Å². The van der Waals surface area contributed by atoms with Crippen LogP contribution in [0.4, 0.5) is 5.69 Å². The molecule has 1 aliphatic rings. The highest BCUT2D eigenvalue weighted by Crippen LogP contribution is 2.25. The number of benzene rings is 1. The molecule has 0 radical (unpaired) electrons. The van der Waals surface area contributed by atoms with Gasteiger partial charge in [-0.25, -0.2) is 0 Å². The van der Waals surface area contributed by atoms with E-state index < -0.39 is 0 Å². The van der Waals surface area contributed by atoms with Crippen LogP contribution in [-0.4, -0.2) is 7.05 Å². The van der Waals surface area contributed by atoms with E-state index >= 15 is 0 Å². The van der Waals surface area contributed by atoms with Gasteiger partial charge < -0.3 is 4.90 Å². The Morgan fingerprint density at radius 3 is 2.19 bits per heavy atom. The van der Waals surface area contributed by atoms with Gasteiger partial charge in [0.15, 0.2) is 0 Å². The second kappa shape index (κ2) is 4.56. The Hall–Kier alpha value is -1.50. The average Bonchev–Trinajstić information content (AvgIpc) is 2.30. The normalized spacial score (nSPS) is 15.4. The SMILES string of the molecule is CC1=CC=C(N(C)c2ccc(C)cc2)CC1. The maximum atomic E-state index is 2.28. The fourth-order valence-corrected chi connectivity index (χ4v) is 1.94. The van der Waals surface area contributed by atoms with Crippen LogP contribution < -0.4 is 4.90 Å². The molecule has 0 saturated carbocycles. The Kier molecular flexibility index (Phi) is 3.14. The van der Waals surface area contributed by atoms with Crippen LogP contribution in [0.15, 0.2) is 47.7 Å². The van der Waals surface area contributed by atoms with Gasteiger partial charge in [-0.05, 0) is 44.9 Å². The van der Waals surface area contributed by atoms with E-state index in [-0.39, 0.29) is 0 Å². The summed E-state index contributed by atoms with van der Waals surface area (Å²) in [4.78, 5) is 2.28. The zero-order valence-electron chi connectivity index (χ0n) is 10.3. The summed E-state index contributed by atoms with van der Waals surface area (Å²) in [6.45, 7) is 4.31. The molecule has 2 rings (SSSR count). The minimum atomic E-state index is 1.15. The second-order valence-corrected chi connectivity index (χ2v) is 4.57. The van der Waals surface area contributed by atoms with Crippen LogP contribution in [0.1, 0.15) is 25.3 Å². The molecule has 0 fully saturated rings. The van der Waals surface area contributed by atoms with Crippen LogP contribution in [0, 0.1) is 6.92 Å². The number of hydrogen-bond donors (Lipinski definition) is 0. The van der Waals surface area contributed by atoms with Crippen molar-refractivity contribution in [2.45, 2.75) is 26.7 Å². The fourth-order valence-electron chi connectivity index (χ4n) is 1.94. The Labute approximate surface area is 98.1 Å². The molecule has 0 heterocycles. The van der Waals surface area contributed by atoms with Crippen molar-refractivity contribution in [1.82, 2.24) is 0 Å². The highest BCUT2D eigenvalue weighted by Gasteiger charge is 2.09. The van der Waals surface area contributed by atoms with Crippen LogP contribution in [-0.2, 0) is 0 Å². The molecule has 1 aliphatic carbocycles. The fraction of sp³-hybridized carbons (Fsp3) is 0.333. The summed E-state index contributed by atoms with van der Waals surface area (Å²) in [5.74, 6) is 0. The van der Waals surface area contributed by atoms with Crippen molar-refractivity contribution in [1.29, 1.82) is 0 Å². The van der Waals surface area contributed by atoms with Gasteiger partial charge in [-0.15, -0.1) is 0 Å². The first-order valence-electron chi connectivity index (χ1n) is 5.83. The standard InChI is InChI=1S/C15H19N/c1-12-4-8-14(9-5-12)16(3)15-10-6-13(2)7-11-15/h4-6,8-10H,7,11H2,1-3H3. The van der Waals surface area contributed by atoms with Crippen LogP contribution in [0.2, 0.25) is 0 Å². The number of hydrogen-bond acceptors (Lipinski definition) is 1. The van der Waals surface area contributed by atoms with E-state index in [1.807, 2.05) is 0 Å². The minimum Gasteiger partial charge on any atom is -0.348 e. The number of rotatable bonds is 2. The van der Waals surface area contributed by atoms with Crippen LogP contribution in [0.25, 0.3) is 0 Å². The summed E-state index contributed by atoms with van der Waals surface area (Å²) < 4.78 is 0. The predicted octanol–water partition coefficient (Wildman–Crippen LogP) is 4.06. The van der Waals surface area contributed by atoms with Gasteiger partial charge in [0.05, 0.1) is 0 Å². The molecule has 1 aromatic rings. The van der Waals surface area contributed by atoms with Crippen LogP contribution >= 0.6 is 0 Å². The molecule has 1 nitrogen and oxygen atoms in total. The summed E-state index contributed by atoms with van der Waals surface area (Å²) in [5.41, 5.74) is 5.45. The van der Waals surface area contributed by atoms with Gasteiger partial charge in [-0.1, -0.05) is 29.3 Å². The lowest BCUT2D eigenvalue weighted by Crippen LogP contribution is -2.17. The van der Waals surface area contributed by atoms with Crippen molar-refractivity contribution in [3.63, 3.8) is 0 Å². The molecule has 0 saturated heterocycles. The molecule has 0 bridgehead atoms. The van der Waals surface area contributed by atoms with E-state index in [0.717, 1.165) is 6.42 Å². The Morgan fingerprint density at radius 2 is 1.62 bits per heavy atom. The third-order valence-electron chi connectivity index (χ3n) is 3.19. The molecular formula is C15H19N. The first kappa shape index (κ1) is 11.0. The van der Waals surface area contributed by atoms with E-state index in [2.05, 4.69) is 62.2 Å². The van der Waals surface area contributed by atoms with Gasteiger partial charge in [0.25, 0.3) is 0 Å².